The van der Waals surface area contributed by atoms with Crippen molar-refractivity contribution in [1.82, 2.24) is 10.6 Å². The van der Waals surface area contributed by atoms with Crippen molar-refractivity contribution in [3.63, 3.8) is 0 Å². The van der Waals surface area contributed by atoms with E-state index in [9.17, 15) is 0 Å². The van der Waals surface area contributed by atoms with Crippen LogP contribution in [0.1, 0.15) is 5.56 Å². The van der Waals surface area contributed by atoms with Gasteiger partial charge in [-0.25, -0.2) is 0 Å². The lowest BCUT2D eigenvalue weighted by Gasteiger charge is -2.10. The summed E-state index contributed by atoms with van der Waals surface area (Å²) in [7, 11) is 0. The molecule has 0 radical (unpaired) electrons. The predicted molar refractivity (Wildman–Crippen MR) is 73.7 cm³/mol. The quantitative estimate of drug-likeness (QED) is 0.742. The van der Waals surface area contributed by atoms with Crippen molar-refractivity contribution in [1.29, 1.82) is 0 Å². The Morgan fingerprint density at radius 2 is 2.19 bits per heavy atom. The number of thiocarbonyl (C=S) groups is 1. The van der Waals surface area contributed by atoms with Crippen molar-refractivity contribution in [3.8, 4) is 0 Å². The van der Waals surface area contributed by atoms with Gasteiger partial charge in [0.25, 0.3) is 0 Å². The molecule has 1 aromatic carbocycles. The molecule has 88 valence electrons. The Kier molecular flexibility index (Phi) is 6.05. The minimum atomic E-state index is 0.0550. The highest BCUT2D eigenvalue weighted by Crippen LogP contribution is 2.20. The monoisotopic (exact) mass is 322 g/mol. The standard InChI is InChI=1S/C10H12BrClN2OS/c11-8-1-2-9(12)7(5-8)6-14-10(16)13-3-4-15/h1-2,5,15H,3-4,6H2,(H2,13,14,16). The molecular formula is C10H12BrClN2OS. The minimum absolute atomic E-state index is 0.0550. The van der Waals surface area contributed by atoms with E-state index in [0.29, 0.717) is 23.2 Å². The lowest BCUT2D eigenvalue weighted by atomic mass is 10.2. The second kappa shape index (κ2) is 7.06. The third kappa shape index (κ3) is 4.65. The van der Waals surface area contributed by atoms with Gasteiger partial charge in [-0.1, -0.05) is 27.5 Å². The van der Waals surface area contributed by atoms with Gasteiger partial charge in [0.05, 0.1) is 6.61 Å². The largest absolute Gasteiger partial charge is 0.395 e. The maximum Gasteiger partial charge on any atom is 0.166 e. The molecule has 0 aliphatic carbocycles. The van der Waals surface area contributed by atoms with Crippen molar-refractivity contribution >= 4 is 44.9 Å². The lowest BCUT2D eigenvalue weighted by molar-refractivity contribution is 0.300. The van der Waals surface area contributed by atoms with Gasteiger partial charge in [-0.2, -0.15) is 0 Å². The molecular weight excluding hydrogens is 312 g/mol. The molecule has 16 heavy (non-hydrogen) atoms. The first-order valence-corrected chi connectivity index (χ1v) is 6.28. The average Bonchev–Trinajstić information content (AvgIpc) is 2.27. The van der Waals surface area contributed by atoms with Gasteiger partial charge >= 0.3 is 0 Å². The van der Waals surface area contributed by atoms with Crippen LogP contribution in [0.25, 0.3) is 0 Å². The number of nitrogens with one attached hydrogen (secondary N) is 2. The van der Waals surface area contributed by atoms with E-state index in [2.05, 4.69) is 26.6 Å². The summed E-state index contributed by atoms with van der Waals surface area (Å²) in [4.78, 5) is 0. The van der Waals surface area contributed by atoms with Crippen LogP contribution in [0.2, 0.25) is 5.02 Å². The Morgan fingerprint density at radius 1 is 1.44 bits per heavy atom. The number of hydrogen-bond acceptors (Lipinski definition) is 2. The fourth-order valence-corrected chi connectivity index (χ4v) is 1.85. The van der Waals surface area contributed by atoms with Crippen LogP contribution in [0.3, 0.4) is 0 Å². The van der Waals surface area contributed by atoms with Crippen LogP contribution >= 0.6 is 39.7 Å². The third-order valence-electron chi connectivity index (χ3n) is 1.84. The van der Waals surface area contributed by atoms with E-state index in [0.717, 1.165) is 10.0 Å². The smallest absolute Gasteiger partial charge is 0.166 e. The molecule has 1 aromatic rings. The van der Waals surface area contributed by atoms with Crippen LogP contribution in [0.5, 0.6) is 0 Å². The number of aliphatic hydroxyl groups is 1. The van der Waals surface area contributed by atoms with Crippen molar-refractivity contribution in [2.24, 2.45) is 0 Å². The zero-order chi connectivity index (χ0) is 12.0. The van der Waals surface area contributed by atoms with E-state index in [4.69, 9.17) is 28.9 Å². The molecule has 0 heterocycles. The van der Waals surface area contributed by atoms with Gasteiger partial charge < -0.3 is 15.7 Å². The number of rotatable bonds is 4. The number of hydrogen-bond donors (Lipinski definition) is 3. The zero-order valence-electron chi connectivity index (χ0n) is 8.46. The Balaban J connectivity index is 2.47. The fraction of sp³-hybridized carbons (Fsp3) is 0.300. The van der Waals surface area contributed by atoms with Crippen LogP contribution in [-0.2, 0) is 6.54 Å². The molecule has 0 aliphatic heterocycles. The average molecular weight is 324 g/mol. The Hall–Kier alpha value is -0.360. The molecule has 0 aromatic heterocycles. The summed E-state index contributed by atoms with van der Waals surface area (Å²) in [5, 5.41) is 15.7. The first-order valence-electron chi connectivity index (χ1n) is 4.70. The summed E-state index contributed by atoms with van der Waals surface area (Å²) in [6.45, 7) is 1.05. The number of benzene rings is 1. The van der Waals surface area contributed by atoms with Crippen molar-refractivity contribution in [2.45, 2.75) is 6.54 Å². The van der Waals surface area contributed by atoms with E-state index >= 15 is 0 Å². The van der Waals surface area contributed by atoms with E-state index in [1.54, 1.807) is 0 Å². The highest BCUT2D eigenvalue weighted by molar-refractivity contribution is 9.10. The first kappa shape index (κ1) is 13.7. The van der Waals surface area contributed by atoms with Crippen molar-refractivity contribution in [3.05, 3.63) is 33.3 Å². The highest BCUT2D eigenvalue weighted by atomic mass is 79.9. The van der Waals surface area contributed by atoms with Crippen LogP contribution in [0.4, 0.5) is 0 Å². The van der Waals surface area contributed by atoms with E-state index in [-0.39, 0.29) is 6.61 Å². The summed E-state index contributed by atoms with van der Waals surface area (Å²) >= 11 is 14.4. The van der Waals surface area contributed by atoms with Gasteiger partial charge in [0.15, 0.2) is 5.11 Å². The summed E-state index contributed by atoms with van der Waals surface area (Å²) in [5.41, 5.74) is 0.962. The molecule has 0 saturated carbocycles. The van der Waals surface area contributed by atoms with Gasteiger partial charge in [-0.05, 0) is 36.0 Å². The molecule has 6 heteroatoms. The summed E-state index contributed by atoms with van der Waals surface area (Å²) in [6.07, 6.45) is 0. The predicted octanol–water partition coefficient (Wildman–Crippen LogP) is 2.06. The molecule has 0 amide bonds. The van der Waals surface area contributed by atoms with Gasteiger partial charge in [-0.3, -0.25) is 0 Å². The molecule has 0 bridgehead atoms. The second-order valence-corrected chi connectivity index (χ2v) is 4.80. The molecule has 0 saturated heterocycles. The van der Waals surface area contributed by atoms with Crippen LogP contribution < -0.4 is 10.6 Å². The molecule has 3 N–H and O–H groups in total. The Labute approximate surface area is 113 Å². The maximum atomic E-state index is 8.60. The van der Waals surface area contributed by atoms with Gasteiger partial charge in [0, 0.05) is 22.6 Å². The fourth-order valence-electron chi connectivity index (χ4n) is 1.09. The van der Waals surface area contributed by atoms with Gasteiger partial charge in [-0.15, -0.1) is 0 Å². The third-order valence-corrected chi connectivity index (χ3v) is 3.00. The Bertz CT molecular complexity index is 376. The first-order chi connectivity index (χ1) is 7.63. The molecule has 0 unspecified atom stereocenters. The SMILES string of the molecule is OCCNC(=S)NCc1cc(Br)ccc1Cl. The summed E-state index contributed by atoms with van der Waals surface area (Å²) in [6, 6.07) is 5.64. The van der Waals surface area contributed by atoms with Crippen molar-refractivity contribution < 1.29 is 5.11 Å². The molecule has 1 rings (SSSR count). The normalized spacial score (nSPS) is 9.94. The minimum Gasteiger partial charge on any atom is -0.395 e. The van der Waals surface area contributed by atoms with E-state index in [1.807, 2.05) is 18.2 Å². The lowest BCUT2D eigenvalue weighted by Crippen LogP contribution is -2.36. The second-order valence-electron chi connectivity index (χ2n) is 3.07. The van der Waals surface area contributed by atoms with Crippen molar-refractivity contribution in [2.75, 3.05) is 13.2 Å². The van der Waals surface area contributed by atoms with Crippen LogP contribution in [-0.4, -0.2) is 23.4 Å². The Morgan fingerprint density at radius 3 is 2.88 bits per heavy atom. The summed E-state index contributed by atoms with van der Waals surface area (Å²) < 4.78 is 0.975. The molecule has 0 spiro atoms. The maximum absolute atomic E-state index is 8.60. The topological polar surface area (TPSA) is 44.3 Å². The van der Waals surface area contributed by atoms with Gasteiger partial charge in [0.1, 0.15) is 0 Å². The number of halogens is 2. The molecule has 0 aliphatic rings. The number of aliphatic hydroxyl groups excluding tert-OH is 1. The van der Waals surface area contributed by atoms with E-state index in [1.165, 1.54) is 0 Å². The summed E-state index contributed by atoms with van der Waals surface area (Å²) in [5.74, 6) is 0. The van der Waals surface area contributed by atoms with Crippen LogP contribution in [0, 0.1) is 0 Å². The molecule has 0 atom stereocenters. The van der Waals surface area contributed by atoms with Gasteiger partial charge in [0.2, 0.25) is 0 Å². The van der Waals surface area contributed by atoms with Crippen LogP contribution in [0.15, 0.2) is 22.7 Å². The zero-order valence-corrected chi connectivity index (χ0v) is 11.6. The molecule has 0 fully saturated rings. The highest BCUT2D eigenvalue weighted by Gasteiger charge is 2.01. The molecule has 3 nitrogen and oxygen atoms in total. The van der Waals surface area contributed by atoms with E-state index < -0.39 is 0 Å².